The fraction of sp³-hybridized carbons (Fsp3) is 0.533. The van der Waals surface area contributed by atoms with E-state index in [1.807, 2.05) is 50.9 Å². The number of aryl methyl sites for hydroxylation is 2. The second-order valence-corrected chi connectivity index (χ2v) is 5.54. The van der Waals surface area contributed by atoms with Gasteiger partial charge in [0.05, 0.1) is 0 Å². The van der Waals surface area contributed by atoms with Crippen LogP contribution in [0.1, 0.15) is 36.5 Å². The maximum Gasteiger partial charge on any atom is 0.328 e. The van der Waals surface area contributed by atoms with Gasteiger partial charge in [0.2, 0.25) is 0 Å². The van der Waals surface area contributed by atoms with Crippen molar-refractivity contribution in [3.63, 3.8) is 0 Å². The number of carbonyl (C=O) groups is 1. The maximum absolute atomic E-state index is 11.8. The first kappa shape index (κ1) is 13.1. The summed E-state index contributed by atoms with van der Waals surface area (Å²) < 4.78 is 0. The highest BCUT2D eigenvalue weighted by Crippen LogP contribution is 2.38. The molecule has 1 aliphatic rings. The second-order valence-electron chi connectivity index (χ2n) is 5.54. The first-order chi connectivity index (χ1) is 8.37. The molecule has 1 fully saturated rings. The van der Waals surface area contributed by atoms with Gasteiger partial charge in [-0.05, 0) is 51.8 Å². The summed E-state index contributed by atoms with van der Waals surface area (Å²) in [5.41, 5.74) is 2.12. The minimum absolute atomic E-state index is 0.408. The van der Waals surface area contributed by atoms with E-state index in [0.717, 1.165) is 29.5 Å². The van der Waals surface area contributed by atoms with E-state index in [1.54, 1.807) is 0 Å². The van der Waals surface area contributed by atoms with Crippen LogP contribution in [-0.4, -0.2) is 29.1 Å². The normalized spacial score (nSPS) is 18.7. The fourth-order valence-electron chi connectivity index (χ4n) is 2.54. The molecule has 0 radical (unpaired) electrons. The van der Waals surface area contributed by atoms with Gasteiger partial charge in [-0.15, -0.1) is 0 Å². The minimum Gasteiger partial charge on any atom is -0.480 e. The van der Waals surface area contributed by atoms with Crippen LogP contribution in [0.15, 0.2) is 18.2 Å². The van der Waals surface area contributed by atoms with E-state index in [2.05, 4.69) is 0 Å². The van der Waals surface area contributed by atoms with E-state index >= 15 is 0 Å². The molecule has 1 aliphatic carbocycles. The van der Waals surface area contributed by atoms with Crippen molar-refractivity contribution in [1.29, 1.82) is 0 Å². The van der Waals surface area contributed by atoms with Gasteiger partial charge < -0.3 is 5.11 Å². The molecule has 3 nitrogen and oxygen atoms in total. The fourth-order valence-corrected chi connectivity index (χ4v) is 2.54. The monoisotopic (exact) mass is 247 g/mol. The minimum atomic E-state index is -0.933. The topological polar surface area (TPSA) is 40.5 Å². The van der Waals surface area contributed by atoms with E-state index < -0.39 is 11.5 Å². The largest absolute Gasteiger partial charge is 0.480 e. The highest BCUT2D eigenvalue weighted by Gasteiger charge is 2.46. The Morgan fingerprint density at radius 1 is 1.39 bits per heavy atom. The van der Waals surface area contributed by atoms with Crippen molar-refractivity contribution in [2.24, 2.45) is 0 Å². The Kier molecular flexibility index (Phi) is 3.20. The van der Waals surface area contributed by atoms with E-state index in [0.29, 0.717) is 6.04 Å². The Morgan fingerprint density at radius 3 is 2.50 bits per heavy atom. The second kappa shape index (κ2) is 4.39. The number of carboxylic acid groups (broad SMARTS) is 1. The molecule has 1 N–H and O–H groups in total. The predicted octanol–water partition coefficient (Wildman–Crippen LogP) is 2.70. The van der Waals surface area contributed by atoms with E-state index in [4.69, 9.17) is 0 Å². The molecule has 1 unspecified atom stereocenters. The average Bonchev–Trinajstić information content (AvgIpc) is 3.14. The molecular weight excluding hydrogens is 226 g/mol. The number of carboxylic acids is 1. The van der Waals surface area contributed by atoms with Gasteiger partial charge in [-0.1, -0.05) is 23.8 Å². The zero-order chi connectivity index (χ0) is 13.5. The van der Waals surface area contributed by atoms with Crippen LogP contribution in [0.4, 0.5) is 0 Å². The molecule has 98 valence electrons. The summed E-state index contributed by atoms with van der Waals surface area (Å²) in [7, 11) is 1.92. The summed E-state index contributed by atoms with van der Waals surface area (Å²) >= 11 is 0. The SMILES string of the molecule is Cc1ccc(C)c(C(C)(C(=O)O)N(C)C2CC2)c1. The van der Waals surface area contributed by atoms with Gasteiger partial charge in [-0.3, -0.25) is 4.90 Å². The molecule has 2 rings (SSSR count). The lowest BCUT2D eigenvalue weighted by Crippen LogP contribution is -2.49. The van der Waals surface area contributed by atoms with Crippen molar-refractivity contribution in [2.75, 3.05) is 7.05 Å². The lowest BCUT2D eigenvalue weighted by molar-refractivity contribution is -0.150. The third kappa shape index (κ3) is 2.03. The predicted molar refractivity (Wildman–Crippen MR) is 71.7 cm³/mol. The number of hydrogen-bond acceptors (Lipinski definition) is 2. The van der Waals surface area contributed by atoms with E-state index in [9.17, 15) is 9.90 Å². The van der Waals surface area contributed by atoms with Crippen molar-refractivity contribution < 1.29 is 9.90 Å². The Morgan fingerprint density at radius 2 is 2.00 bits per heavy atom. The number of nitrogens with zero attached hydrogens (tertiary/aromatic N) is 1. The van der Waals surface area contributed by atoms with Crippen molar-refractivity contribution >= 4 is 5.97 Å². The Balaban J connectivity index is 2.52. The van der Waals surface area contributed by atoms with Gasteiger partial charge in [0.15, 0.2) is 0 Å². The third-order valence-corrected chi connectivity index (χ3v) is 4.13. The molecule has 0 spiro atoms. The zero-order valence-corrected chi connectivity index (χ0v) is 11.5. The summed E-state index contributed by atoms with van der Waals surface area (Å²) in [6.45, 7) is 5.80. The van der Waals surface area contributed by atoms with E-state index in [1.165, 1.54) is 0 Å². The molecule has 1 aromatic rings. The van der Waals surface area contributed by atoms with Crippen LogP contribution in [0.2, 0.25) is 0 Å². The Hall–Kier alpha value is -1.35. The summed E-state index contributed by atoms with van der Waals surface area (Å²) in [5, 5.41) is 9.71. The van der Waals surface area contributed by atoms with Crippen LogP contribution in [0.25, 0.3) is 0 Å². The number of aliphatic carboxylic acids is 1. The molecule has 1 saturated carbocycles. The van der Waals surface area contributed by atoms with E-state index in [-0.39, 0.29) is 0 Å². The lowest BCUT2D eigenvalue weighted by atomic mass is 9.86. The highest BCUT2D eigenvalue weighted by atomic mass is 16.4. The standard InChI is InChI=1S/C15H21NO2/c1-10-5-6-11(2)13(9-10)15(3,14(17)18)16(4)12-7-8-12/h5-6,9,12H,7-8H2,1-4H3,(H,17,18). The molecule has 0 heterocycles. The Labute approximate surface area is 108 Å². The van der Waals surface area contributed by atoms with Gasteiger partial charge in [0, 0.05) is 6.04 Å². The van der Waals surface area contributed by atoms with Crippen LogP contribution in [0.5, 0.6) is 0 Å². The molecule has 0 amide bonds. The highest BCUT2D eigenvalue weighted by molar-refractivity contribution is 5.81. The van der Waals surface area contributed by atoms with Gasteiger partial charge in [-0.2, -0.15) is 0 Å². The maximum atomic E-state index is 11.8. The molecule has 0 bridgehead atoms. The smallest absolute Gasteiger partial charge is 0.328 e. The van der Waals surface area contributed by atoms with Gasteiger partial charge in [0.25, 0.3) is 0 Å². The van der Waals surface area contributed by atoms with Gasteiger partial charge >= 0.3 is 5.97 Å². The molecule has 3 heteroatoms. The number of hydrogen-bond donors (Lipinski definition) is 1. The van der Waals surface area contributed by atoms with Crippen LogP contribution in [0, 0.1) is 13.8 Å². The molecule has 18 heavy (non-hydrogen) atoms. The molecular formula is C15H21NO2. The van der Waals surface area contributed by atoms with Crippen molar-refractivity contribution in [3.8, 4) is 0 Å². The summed E-state index contributed by atoms with van der Waals surface area (Å²) in [5.74, 6) is -0.773. The van der Waals surface area contributed by atoms with Crippen LogP contribution < -0.4 is 0 Å². The molecule has 0 aliphatic heterocycles. The zero-order valence-electron chi connectivity index (χ0n) is 11.5. The van der Waals surface area contributed by atoms with Gasteiger partial charge in [0.1, 0.15) is 5.54 Å². The summed E-state index contributed by atoms with van der Waals surface area (Å²) in [4.78, 5) is 13.8. The van der Waals surface area contributed by atoms with Crippen molar-refractivity contribution in [1.82, 2.24) is 4.90 Å². The molecule has 1 aromatic carbocycles. The first-order valence-electron chi connectivity index (χ1n) is 6.41. The lowest BCUT2D eigenvalue weighted by Gasteiger charge is -2.37. The molecule has 0 aromatic heterocycles. The molecule has 0 saturated heterocycles. The Bertz CT molecular complexity index is 479. The average molecular weight is 247 g/mol. The third-order valence-electron chi connectivity index (χ3n) is 4.13. The van der Waals surface area contributed by atoms with Gasteiger partial charge in [-0.25, -0.2) is 4.79 Å². The number of rotatable bonds is 4. The number of benzene rings is 1. The van der Waals surface area contributed by atoms with Crippen LogP contribution in [-0.2, 0) is 10.3 Å². The summed E-state index contributed by atoms with van der Waals surface area (Å²) in [6.07, 6.45) is 2.20. The quantitative estimate of drug-likeness (QED) is 0.889. The first-order valence-corrected chi connectivity index (χ1v) is 6.41. The van der Waals surface area contributed by atoms with Crippen molar-refractivity contribution in [3.05, 3.63) is 34.9 Å². The van der Waals surface area contributed by atoms with Crippen LogP contribution >= 0.6 is 0 Å². The molecule has 1 atom stereocenters. The van der Waals surface area contributed by atoms with Crippen LogP contribution in [0.3, 0.4) is 0 Å². The van der Waals surface area contributed by atoms with Crippen molar-refractivity contribution in [2.45, 2.75) is 45.2 Å². The summed E-state index contributed by atoms with van der Waals surface area (Å²) in [6, 6.07) is 6.44. The number of likely N-dealkylation sites (N-methyl/N-ethyl adjacent to an activating group) is 1.